The maximum atomic E-state index is 12.4. The summed E-state index contributed by atoms with van der Waals surface area (Å²) in [6.07, 6.45) is 23.4. The van der Waals surface area contributed by atoms with Crippen molar-refractivity contribution in [3.05, 3.63) is 82.7 Å². The standard InChI is InChI=1S/C28H29BClN5O/c29-23-18-33-35-26(17-25(34-28(23)35)22-9-3-4-10-24(22)30)31-13-5-6-14-32-27(36)16-19-11-12-20-7-1-2-8-21(20)15-19/h1-3,7-9,11-12,17-18,21,31H,4-6,10,13-16H2,(H,32,36). The Balaban J connectivity index is 1.11. The Morgan fingerprint density at radius 2 is 2.08 bits per heavy atom. The van der Waals surface area contributed by atoms with Gasteiger partial charge in [0, 0.05) is 48.3 Å². The molecule has 1 atom stereocenters. The number of halogens is 1. The second-order valence-corrected chi connectivity index (χ2v) is 9.78. The lowest BCUT2D eigenvalue weighted by molar-refractivity contribution is -0.120. The largest absolute Gasteiger partial charge is 0.370 e. The van der Waals surface area contributed by atoms with Crippen LogP contribution in [0.3, 0.4) is 0 Å². The van der Waals surface area contributed by atoms with Crippen molar-refractivity contribution in [1.82, 2.24) is 19.9 Å². The van der Waals surface area contributed by atoms with Crippen LogP contribution >= 0.6 is 11.6 Å². The van der Waals surface area contributed by atoms with Gasteiger partial charge >= 0.3 is 0 Å². The maximum Gasteiger partial charge on any atom is 0.224 e. The Kier molecular flexibility index (Phi) is 7.56. The Morgan fingerprint density at radius 3 is 2.97 bits per heavy atom. The molecule has 0 aromatic carbocycles. The molecule has 8 heteroatoms. The molecular weight excluding hydrogens is 469 g/mol. The van der Waals surface area contributed by atoms with Crippen molar-refractivity contribution in [2.24, 2.45) is 5.92 Å². The van der Waals surface area contributed by atoms with Crippen LogP contribution in [0, 0.1) is 5.92 Å². The molecule has 0 fully saturated rings. The van der Waals surface area contributed by atoms with Crippen molar-refractivity contribution < 1.29 is 4.79 Å². The zero-order valence-corrected chi connectivity index (χ0v) is 21.0. The molecule has 2 radical (unpaired) electrons. The van der Waals surface area contributed by atoms with Gasteiger partial charge in [-0.2, -0.15) is 9.61 Å². The first-order valence-corrected chi connectivity index (χ1v) is 12.9. The molecule has 0 bridgehead atoms. The van der Waals surface area contributed by atoms with Crippen LogP contribution < -0.4 is 16.1 Å². The average Bonchev–Trinajstić information content (AvgIpc) is 3.27. The molecule has 2 N–H and O–H groups in total. The first-order chi connectivity index (χ1) is 17.6. The third-order valence-electron chi connectivity index (χ3n) is 6.67. The summed E-state index contributed by atoms with van der Waals surface area (Å²) in [6.45, 7) is 1.39. The van der Waals surface area contributed by atoms with Crippen LogP contribution in [0.1, 0.15) is 44.2 Å². The van der Waals surface area contributed by atoms with Gasteiger partial charge in [-0.05, 0) is 43.1 Å². The molecule has 2 aromatic rings. The van der Waals surface area contributed by atoms with Crippen LogP contribution in [0.5, 0.6) is 0 Å². The summed E-state index contributed by atoms with van der Waals surface area (Å²) in [5.74, 6) is 1.30. The number of unbranched alkanes of at least 4 members (excludes halogenated alkanes) is 1. The Hall–Kier alpha value is -3.32. The Labute approximate surface area is 218 Å². The monoisotopic (exact) mass is 497 g/mol. The van der Waals surface area contributed by atoms with Crippen molar-refractivity contribution in [2.75, 3.05) is 18.4 Å². The highest BCUT2D eigenvalue weighted by atomic mass is 35.5. The summed E-state index contributed by atoms with van der Waals surface area (Å²) in [5.41, 5.74) is 5.34. The van der Waals surface area contributed by atoms with E-state index in [1.807, 2.05) is 12.1 Å². The molecule has 0 spiro atoms. The number of fused-ring (bicyclic) bond motifs is 2. The van der Waals surface area contributed by atoms with Crippen molar-refractivity contribution in [3.8, 4) is 0 Å². The molecule has 1 amide bonds. The Morgan fingerprint density at radius 1 is 1.19 bits per heavy atom. The predicted octanol–water partition coefficient (Wildman–Crippen LogP) is 4.52. The number of amides is 1. The first-order valence-electron chi connectivity index (χ1n) is 12.5. The van der Waals surface area contributed by atoms with Crippen molar-refractivity contribution in [2.45, 2.75) is 38.5 Å². The minimum Gasteiger partial charge on any atom is -0.370 e. The number of hydrogen-bond donors (Lipinski definition) is 2. The summed E-state index contributed by atoms with van der Waals surface area (Å²) in [7, 11) is 6.11. The lowest BCUT2D eigenvalue weighted by atomic mass is 9.83. The van der Waals surface area contributed by atoms with Crippen LogP contribution in [0.15, 0.2) is 77.0 Å². The number of allylic oxidation sites excluding steroid dienone is 11. The van der Waals surface area contributed by atoms with E-state index in [0.717, 1.165) is 60.8 Å². The number of nitrogens with zero attached hydrogens (tertiary/aromatic N) is 3. The number of carbonyl (C=O) groups is 1. The lowest BCUT2D eigenvalue weighted by Gasteiger charge is -2.22. The summed E-state index contributed by atoms with van der Waals surface area (Å²) in [6, 6.07) is 1.96. The van der Waals surface area contributed by atoms with E-state index >= 15 is 0 Å². The van der Waals surface area contributed by atoms with E-state index in [4.69, 9.17) is 24.4 Å². The number of anilines is 1. The lowest BCUT2D eigenvalue weighted by Crippen LogP contribution is -2.25. The molecule has 0 saturated carbocycles. The summed E-state index contributed by atoms with van der Waals surface area (Å²) in [5, 5.41) is 11.7. The van der Waals surface area contributed by atoms with Gasteiger partial charge in [0.05, 0.1) is 5.69 Å². The van der Waals surface area contributed by atoms with Crippen LogP contribution in [0.25, 0.3) is 11.2 Å². The van der Waals surface area contributed by atoms with Gasteiger partial charge < -0.3 is 10.6 Å². The van der Waals surface area contributed by atoms with E-state index in [0.29, 0.717) is 30.0 Å². The molecule has 0 saturated heterocycles. The number of aromatic nitrogens is 3. The minimum absolute atomic E-state index is 0.0829. The fraction of sp³-hybridized carbons (Fsp3) is 0.321. The van der Waals surface area contributed by atoms with Crippen LogP contribution in [-0.4, -0.2) is 41.4 Å². The van der Waals surface area contributed by atoms with Crippen molar-refractivity contribution in [3.63, 3.8) is 0 Å². The van der Waals surface area contributed by atoms with Crippen LogP contribution in [-0.2, 0) is 4.79 Å². The number of nitrogens with one attached hydrogen (secondary N) is 2. The third-order valence-corrected chi connectivity index (χ3v) is 7.06. The molecule has 3 aliphatic carbocycles. The number of hydrogen-bond acceptors (Lipinski definition) is 4. The highest BCUT2D eigenvalue weighted by molar-refractivity contribution is 6.36. The molecule has 6 nitrogen and oxygen atoms in total. The molecule has 36 heavy (non-hydrogen) atoms. The summed E-state index contributed by atoms with van der Waals surface area (Å²) >= 11 is 6.48. The average molecular weight is 498 g/mol. The highest BCUT2D eigenvalue weighted by Gasteiger charge is 2.18. The number of rotatable bonds is 9. The molecule has 2 heterocycles. The quantitative estimate of drug-likeness (QED) is 0.395. The summed E-state index contributed by atoms with van der Waals surface area (Å²) < 4.78 is 1.72. The van der Waals surface area contributed by atoms with Gasteiger partial charge in [-0.15, -0.1) is 0 Å². The van der Waals surface area contributed by atoms with Crippen molar-refractivity contribution >= 4 is 47.9 Å². The molecule has 182 valence electrons. The highest BCUT2D eigenvalue weighted by Crippen LogP contribution is 2.31. The molecule has 5 rings (SSSR count). The van der Waals surface area contributed by atoms with Gasteiger partial charge in [-0.3, -0.25) is 4.79 Å². The summed E-state index contributed by atoms with van der Waals surface area (Å²) in [4.78, 5) is 17.1. The van der Waals surface area contributed by atoms with E-state index in [2.05, 4.69) is 58.3 Å². The first kappa shape index (κ1) is 24.4. The van der Waals surface area contributed by atoms with Gasteiger partial charge in [0.25, 0.3) is 0 Å². The van der Waals surface area contributed by atoms with Crippen LogP contribution in [0.4, 0.5) is 5.82 Å². The molecule has 0 aliphatic heterocycles. The predicted molar refractivity (Wildman–Crippen MR) is 147 cm³/mol. The fourth-order valence-electron chi connectivity index (χ4n) is 4.73. The van der Waals surface area contributed by atoms with Gasteiger partial charge in [-0.25, -0.2) is 4.98 Å². The zero-order valence-electron chi connectivity index (χ0n) is 20.2. The smallest absolute Gasteiger partial charge is 0.224 e. The number of carbonyl (C=O) groups excluding carboxylic acids is 1. The van der Waals surface area contributed by atoms with Gasteiger partial charge in [-0.1, -0.05) is 65.8 Å². The van der Waals surface area contributed by atoms with E-state index < -0.39 is 0 Å². The normalized spacial score (nSPS) is 18.8. The van der Waals surface area contributed by atoms with E-state index in [1.54, 1.807) is 10.7 Å². The molecule has 1 unspecified atom stereocenters. The van der Waals surface area contributed by atoms with Crippen LogP contribution in [0.2, 0.25) is 0 Å². The molecule has 2 aromatic heterocycles. The van der Waals surface area contributed by atoms with Gasteiger partial charge in [0.15, 0.2) is 5.65 Å². The van der Waals surface area contributed by atoms with E-state index in [-0.39, 0.29) is 5.91 Å². The van der Waals surface area contributed by atoms with Gasteiger partial charge in [0.2, 0.25) is 5.91 Å². The zero-order chi connectivity index (χ0) is 24.9. The fourth-order valence-corrected chi connectivity index (χ4v) is 5.00. The topological polar surface area (TPSA) is 71.3 Å². The Bertz CT molecular complexity index is 1350. The third kappa shape index (κ3) is 5.57. The second kappa shape index (κ2) is 11.2. The molecular formula is C28H29BClN5O. The second-order valence-electron chi connectivity index (χ2n) is 9.33. The van der Waals surface area contributed by atoms with E-state index in [1.165, 1.54) is 11.1 Å². The maximum absolute atomic E-state index is 12.4. The van der Waals surface area contributed by atoms with Gasteiger partial charge in [0.1, 0.15) is 13.7 Å². The van der Waals surface area contributed by atoms with Crippen molar-refractivity contribution in [1.29, 1.82) is 0 Å². The molecule has 3 aliphatic rings. The minimum atomic E-state index is 0.0829. The van der Waals surface area contributed by atoms with E-state index in [9.17, 15) is 4.79 Å². The SMILES string of the molecule is [B]c1cnn2c(NCCCCNC(=O)CC3=CC=C4C=CC=CC4C3)cc(C3=C(Cl)CCC=C3)nc12.